The molecule has 2 aromatic heterocycles. The van der Waals surface area contributed by atoms with Gasteiger partial charge in [0.1, 0.15) is 23.2 Å². The molecule has 0 atom stereocenters. The van der Waals surface area contributed by atoms with E-state index >= 15 is 0 Å². The summed E-state index contributed by atoms with van der Waals surface area (Å²) in [5, 5.41) is 10.4. The van der Waals surface area contributed by atoms with E-state index in [0.29, 0.717) is 28.1 Å². The van der Waals surface area contributed by atoms with E-state index in [1.807, 2.05) is 0 Å². The molecule has 2 heterocycles. The van der Waals surface area contributed by atoms with Gasteiger partial charge in [-0.3, -0.25) is 9.36 Å². The molecular weight excluding hydrogens is 313 g/mol. The van der Waals surface area contributed by atoms with E-state index in [1.54, 1.807) is 20.8 Å². The number of benzene rings is 1. The number of aromatic nitrogens is 3. The molecule has 3 rings (SSSR count). The maximum Gasteiger partial charge on any atom is 0.253 e. The number of primary amides is 1. The largest absolute Gasteiger partial charge is 0.507 e. The Labute approximate surface area is 136 Å². The molecule has 0 bridgehead atoms. The van der Waals surface area contributed by atoms with Crippen LogP contribution in [0.4, 0.5) is 10.2 Å². The summed E-state index contributed by atoms with van der Waals surface area (Å²) in [5.41, 5.74) is 12.9. The molecule has 0 saturated carbocycles. The van der Waals surface area contributed by atoms with Crippen molar-refractivity contribution in [2.75, 3.05) is 5.73 Å². The summed E-state index contributed by atoms with van der Waals surface area (Å²) in [6.07, 6.45) is 1.45. The van der Waals surface area contributed by atoms with E-state index in [9.17, 15) is 14.3 Å². The number of phenols is 1. The van der Waals surface area contributed by atoms with Gasteiger partial charge in [0, 0.05) is 23.4 Å². The number of nitrogens with zero attached hydrogens (tertiary/aromatic N) is 3. The van der Waals surface area contributed by atoms with Crippen LogP contribution in [0.25, 0.3) is 16.7 Å². The van der Waals surface area contributed by atoms with Crippen molar-refractivity contribution in [3.05, 3.63) is 40.6 Å². The zero-order valence-electron chi connectivity index (χ0n) is 13.4. The van der Waals surface area contributed by atoms with Crippen LogP contribution in [0.15, 0.2) is 12.3 Å². The van der Waals surface area contributed by atoms with Crippen LogP contribution in [0.5, 0.6) is 5.75 Å². The Balaban J connectivity index is 2.55. The van der Waals surface area contributed by atoms with Crippen molar-refractivity contribution in [1.82, 2.24) is 14.5 Å². The van der Waals surface area contributed by atoms with Crippen LogP contribution in [-0.4, -0.2) is 25.5 Å². The maximum atomic E-state index is 14.1. The van der Waals surface area contributed by atoms with E-state index in [2.05, 4.69) is 9.97 Å². The zero-order valence-corrected chi connectivity index (χ0v) is 13.4. The molecule has 1 amide bonds. The number of nitrogens with two attached hydrogens (primary N) is 2. The molecule has 0 aliphatic carbocycles. The molecule has 5 N–H and O–H groups in total. The molecule has 0 radical (unpaired) electrons. The fourth-order valence-corrected chi connectivity index (χ4v) is 2.84. The monoisotopic (exact) mass is 329 g/mol. The fourth-order valence-electron chi connectivity index (χ4n) is 2.84. The summed E-state index contributed by atoms with van der Waals surface area (Å²) in [7, 11) is 0. The van der Waals surface area contributed by atoms with Crippen LogP contribution in [0.1, 0.15) is 27.3 Å². The van der Waals surface area contributed by atoms with Crippen molar-refractivity contribution >= 4 is 22.8 Å². The molecule has 0 unspecified atom stereocenters. The van der Waals surface area contributed by atoms with Crippen LogP contribution in [0.2, 0.25) is 0 Å². The van der Waals surface area contributed by atoms with Crippen molar-refractivity contribution in [1.29, 1.82) is 0 Å². The lowest BCUT2D eigenvalue weighted by Crippen LogP contribution is -2.14. The van der Waals surface area contributed by atoms with Gasteiger partial charge in [0.15, 0.2) is 5.65 Å². The molecule has 0 fully saturated rings. The van der Waals surface area contributed by atoms with Crippen molar-refractivity contribution in [2.45, 2.75) is 20.8 Å². The highest BCUT2D eigenvalue weighted by Gasteiger charge is 2.25. The Hall–Kier alpha value is -3.16. The molecule has 0 aliphatic rings. The Bertz CT molecular complexity index is 984. The van der Waals surface area contributed by atoms with Gasteiger partial charge in [-0.2, -0.15) is 0 Å². The standard InChI is InChI=1S/C16H16FN5O2/c1-6-10(17)4-11(23)7(2)13(6)22-14(18)12(15(19)24)9-5-20-8(3)21-16(9)22/h4-5,23H,18H2,1-3H3,(H2,19,24). The van der Waals surface area contributed by atoms with E-state index < -0.39 is 11.7 Å². The van der Waals surface area contributed by atoms with Gasteiger partial charge in [-0.15, -0.1) is 0 Å². The highest BCUT2D eigenvalue weighted by molar-refractivity contribution is 6.10. The van der Waals surface area contributed by atoms with Gasteiger partial charge in [-0.1, -0.05) is 0 Å². The van der Waals surface area contributed by atoms with Gasteiger partial charge in [0.05, 0.1) is 16.6 Å². The van der Waals surface area contributed by atoms with E-state index in [0.717, 1.165) is 6.07 Å². The number of aryl methyl sites for hydroxylation is 1. The number of hydrogen-bond donors (Lipinski definition) is 3. The van der Waals surface area contributed by atoms with Gasteiger partial charge >= 0.3 is 0 Å². The van der Waals surface area contributed by atoms with Gasteiger partial charge in [-0.05, 0) is 20.8 Å². The van der Waals surface area contributed by atoms with Crippen LogP contribution >= 0.6 is 0 Å². The maximum absolute atomic E-state index is 14.1. The predicted molar refractivity (Wildman–Crippen MR) is 87.6 cm³/mol. The third kappa shape index (κ3) is 2.07. The number of aromatic hydroxyl groups is 1. The number of carbonyl (C=O) groups is 1. The number of carbonyl (C=O) groups excluding carboxylic acids is 1. The second kappa shape index (κ2) is 5.19. The summed E-state index contributed by atoms with van der Waals surface area (Å²) in [6, 6.07) is 1.03. The van der Waals surface area contributed by atoms with Crippen LogP contribution in [-0.2, 0) is 0 Å². The number of anilines is 1. The number of nitrogen functional groups attached to an aromatic ring is 1. The number of halogens is 1. The number of fused-ring (bicyclic) bond motifs is 1. The summed E-state index contributed by atoms with van der Waals surface area (Å²) in [5.74, 6) is -1.08. The predicted octanol–water partition coefficient (Wildman–Crippen LogP) is 1.87. The molecule has 7 nitrogen and oxygen atoms in total. The molecule has 0 spiro atoms. The number of rotatable bonds is 2. The minimum absolute atomic E-state index is 0.0219. The van der Waals surface area contributed by atoms with Crippen LogP contribution in [0, 0.1) is 26.6 Å². The average Bonchev–Trinajstić information content (AvgIpc) is 2.78. The average molecular weight is 329 g/mol. The lowest BCUT2D eigenvalue weighted by atomic mass is 10.1. The summed E-state index contributed by atoms with van der Waals surface area (Å²) in [4.78, 5) is 20.2. The molecule has 0 saturated heterocycles. The van der Waals surface area contributed by atoms with Crippen molar-refractivity contribution in [3.63, 3.8) is 0 Å². The van der Waals surface area contributed by atoms with Gasteiger partial charge in [0.25, 0.3) is 5.91 Å². The van der Waals surface area contributed by atoms with Crippen LogP contribution < -0.4 is 11.5 Å². The first-order valence-electron chi connectivity index (χ1n) is 7.16. The lowest BCUT2D eigenvalue weighted by molar-refractivity contribution is 0.100. The van der Waals surface area contributed by atoms with E-state index in [4.69, 9.17) is 11.5 Å². The van der Waals surface area contributed by atoms with Crippen molar-refractivity contribution in [3.8, 4) is 11.4 Å². The van der Waals surface area contributed by atoms with E-state index in [1.165, 1.54) is 10.8 Å². The Morgan fingerprint density at radius 2 is 1.96 bits per heavy atom. The zero-order chi connectivity index (χ0) is 17.8. The molecule has 3 aromatic rings. The second-order valence-corrected chi connectivity index (χ2v) is 5.59. The summed E-state index contributed by atoms with van der Waals surface area (Å²) >= 11 is 0. The highest BCUT2D eigenvalue weighted by atomic mass is 19.1. The van der Waals surface area contributed by atoms with Crippen molar-refractivity contribution in [2.24, 2.45) is 5.73 Å². The molecule has 1 aromatic carbocycles. The van der Waals surface area contributed by atoms with E-state index in [-0.39, 0.29) is 22.7 Å². The normalized spacial score (nSPS) is 11.2. The quantitative estimate of drug-likeness (QED) is 0.663. The minimum Gasteiger partial charge on any atom is -0.507 e. The van der Waals surface area contributed by atoms with Gasteiger partial charge in [0.2, 0.25) is 0 Å². The fraction of sp³-hybridized carbons (Fsp3) is 0.188. The first-order valence-corrected chi connectivity index (χ1v) is 7.16. The Morgan fingerprint density at radius 1 is 1.29 bits per heavy atom. The molecular formula is C16H16FN5O2. The minimum atomic E-state index is -0.736. The Morgan fingerprint density at radius 3 is 2.58 bits per heavy atom. The first kappa shape index (κ1) is 15.7. The number of phenolic OH excluding ortho intramolecular Hbond substituents is 1. The second-order valence-electron chi connectivity index (χ2n) is 5.59. The SMILES string of the molecule is Cc1ncc2c(C(N)=O)c(N)n(-c3c(C)c(O)cc(F)c3C)c2n1. The molecule has 24 heavy (non-hydrogen) atoms. The van der Waals surface area contributed by atoms with Gasteiger partial charge < -0.3 is 16.6 Å². The first-order chi connectivity index (χ1) is 11.2. The third-order valence-electron chi connectivity index (χ3n) is 4.05. The third-order valence-corrected chi connectivity index (χ3v) is 4.05. The topological polar surface area (TPSA) is 120 Å². The smallest absolute Gasteiger partial charge is 0.253 e. The number of hydrogen-bond acceptors (Lipinski definition) is 5. The number of amides is 1. The lowest BCUT2D eigenvalue weighted by Gasteiger charge is -2.16. The molecule has 8 heteroatoms. The Kier molecular flexibility index (Phi) is 3.40. The summed E-state index contributed by atoms with van der Waals surface area (Å²) in [6.45, 7) is 4.86. The van der Waals surface area contributed by atoms with Crippen LogP contribution in [0.3, 0.4) is 0 Å². The van der Waals surface area contributed by atoms with Gasteiger partial charge in [-0.25, -0.2) is 14.4 Å². The van der Waals surface area contributed by atoms with Crippen molar-refractivity contribution < 1.29 is 14.3 Å². The molecule has 124 valence electrons. The summed E-state index contributed by atoms with van der Waals surface area (Å²) < 4.78 is 15.6. The molecule has 0 aliphatic heterocycles. The highest BCUT2D eigenvalue weighted by Crippen LogP contribution is 2.36.